The quantitative estimate of drug-likeness (QED) is 0.933. The van der Waals surface area contributed by atoms with Gasteiger partial charge in [0.1, 0.15) is 0 Å². The summed E-state index contributed by atoms with van der Waals surface area (Å²) in [7, 11) is 1.67. The van der Waals surface area contributed by atoms with Crippen molar-refractivity contribution in [3.05, 3.63) is 21.7 Å². The minimum Gasteiger partial charge on any atom is -0.493 e. The van der Waals surface area contributed by atoms with Crippen LogP contribution in [0.2, 0.25) is 0 Å². The summed E-state index contributed by atoms with van der Waals surface area (Å²) in [5.74, 6) is 1.68. The van der Waals surface area contributed by atoms with Gasteiger partial charge in [0.05, 0.1) is 13.7 Å². The van der Waals surface area contributed by atoms with Gasteiger partial charge in [-0.15, -0.1) is 0 Å². The molecule has 2 rings (SSSR count). The molecule has 0 spiro atoms. The predicted octanol–water partition coefficient (Wildman–Crippen LogP) is 2.67. The Labute approximate surface area is 110 Å². The SMILES string of the molecule is COc1cc(CC(C)(C)N)c(Br)c2c1OCC2. The van der Waals surface area contributed by atoms with Gasteiger partial charge in [-0.05, 0) is 31.9 Å². The number of fused-ring (bicyclic) bond motifs is 1. The Morgan fingerprint density at radius 2 is 2.24 bits per heavy atom. The van der Waals surface area contributed by atoms with Crippen molar-refractivity contribution in [1.29, 1.82) is 0 Å². The summed E-state index contributed by atoms with van der Waals surface area (Å²) >= 11 is 3.66. The molecule has 4 heteroatoms. The highest BCUT2D eigenvalue weighted by Gasteiger charge is 2.25. The summed E-state index contributed by atoms with van der Waals surface area (Å²) in [4.78, 5) is 0. The van der Waals surface area contributed by atoms with Gasteiger partial charge in [-0.1, -0.05) is 15.9 Å². The number of hydrogen-bond acceptors (Lipinski definition) is 3. The lowest BCUT2D eigenvalue weighted by Crippen LogP contribution is -2.34. The topological polar surface area (TPSA) is 44.5 Å². The van der Waals surface area contributed by atoms with E-state index < -0.39 is 0 Å². The molecule has 0 atom stereocenters. The van der Waals surface area contributed by atoms with Crippen LogP contribution in [0.5, 0.6) is 11.5 Å². The van der Waals surface area contributed by atoms with Crippen molar-refractivity contribution in [1.82, 2.24) is 0 Å². The number of nitrogens with two attached hydrogens (primary N) is 1. The third-order valence-corrected chi connectivity index (χ3v) is 3.80. The third kappa shape index (κ3) is 2.58. The normalized spacial score (nSPS) is 14.4. The molecule has 1 aromatic rings. The lowest BCUT2D eigenvalue weighted by Gasteiger charge is -2.21. The molecule has 94 valence electrons. The van der Waals surface area contributed by atoms with Gasteiger partial charge in [0.2, 0.25) is 0 Å². The van der Waals surface area contributed by atoms with Crippen molar-refractivity contribution in [2.45, 2.75) is 32.2 Å². The molecule has 1 aliphatic heterocycles. The first-order valence-corrected chi connectivity index (χ1v) is 6.51. The average molecular weight is 300 g/mol. The Hall–Kier alpha value is -0.740. The molecule has 0 aliphatic carbocycles. The molecular weight excluding hydrogens is 282 g/mol. The summed E-state index contributed by atoms with van der Waals surface area (Å²) in [5.41, 5.74) is 8.22. The summed E-state index contributed by atoms with van der Waals surface area (Å²) in [6.07, 6.45) is 1.72. The van der Waals surface area contributed by atoms with Gasteiger partial charge in [-0.25, -0.2) is 0 Å². The maximum absolute atomic E-state index is 6.08. The Balaban J connectivity index is 2.47. The van der Waals surface area contributed by atoms with Crippen molar-refractivity contribution in [3.63, 3.8) is 0 Å². The summed E-state index contributed by atoms with van der Waals surface area (Å²) in [6, 6.07) is 2.02. The summed E-state index contributed by atoms with van der Waals surface area (Å²) < 4.78 is 12.1. The number of methoxy groups -OCH3 is 1. The average Bonchev–Trinajstić information content (AvgIpc) is 2.69. The standard InChI is InChI=1S/C13H18BrNO2/c1-13(2,15)7-8-6-10(16-3)12-9(11(8)14)4-5-17-12/h6H,4-5,7,15H2,1-3H3. The van der Waals surface area contributed by atoms with E-state index in [9.17, 15) is 0 Å². The molecule has 0 aromatic heterocycles. The van der Waals surface area contributed by atoms with Crippen molar-refractivity contribution in [2.24, 2.45) is 5.73 Å². The number of hydrogen-bond donors (Lipinski definition) is 1. The number of benzene rings is 1. The minimum atomic E-state index is -0.235. The second-order valence-electron chi connectivity index (χ2n) is 5.12. The first-order valence-electron chi connectivity index (χ1n) is 5.72. The van der Waals surface area contributed by atoms with Crippen LogP contribution in [0, 0.1) is 0 Å². The Morgan fingerprint density at radius 1 is 1.53 bits per heavy atom. The second kappa shape index (κ2) is 4.50. The molecular formula is C13H18BrNO2. The van der Waals surface area contributed by atoms with E-state index in [1.165, 1.54) is 11.1 Å². The first-order chi connectivity index (χ1) is 7.92. The van der Waals surface area contributed by atoms with Crippen LogP contribution in [0.25, 0.3) is 0 Å². The van der Waals surface area contributed by atoms with E-state index >= 15 is 0 Å². The van der Waals surface area contributed by atoms with Crippen LogP contribution in [0.15, 0.2) is 10.5 Å². The van der Waals surface area contributed by atoms with Crippen LogP contribution in [0.3, 0.4) is 0 Å². The molecule has 0 fully saturated rings. The predicted molar refractivity (Wildman–Crippen MR) is 71.9 cm³/mol. The van der Waals surface area contributed by atoms with Gasteiger partial charge < -0.3 is 15.2 Å². The largest absolute Gasteiger partial charge is 0.493 e. The lowest BCUT2D eigenvalue weighted by molar-refractivity contribution is 0.325. The van der Waals surface area contributed by atoms with Crippen LogP contribution >= 0.6 is 15.9 Å². The molecule has 1 aliphatic rings. The Morgan fingerprint density at radius 3 is 2.82 bits per heavy atom. The molecule has 2 N–H and O–H groups in total. The van der Waals surface area contributed by atoms with E-state index in [0.29, 0.717) is 0 Å². The highest BCUT2D eigenvalue weighted by Crippen LogP contribution is 2.42. The van der Waals surface area contributed by atoms with Gasteiger partial charge in [0.25, 0.3) is 0 Å². The highest BCUT2D eigenvalue weighted by atomic mass is 79.9. The molecule has 0 amide bonds. The molecule has 1 aromatic carbocycles. The van der Waals surface area contributed by atoms with Gasteiger partial charge in [0.15, 0.2) is 11.5 Å². The lowest BCUT2D eigenvalue weighted by atomic mass is 9.94. The first kappa shape index (κ1) is 12.7. The van der Waals surface area contributed by atoms with Crippen LogP contribution in [-0.4, -0.2) is 19.3 Å². The van der Waals surface area contributed by atoms with E-state index in [1.807, 2.05) is 19.9 Å². The van der Waals surface area contributed by atoms with Gasteiger partial charge in [-0.2, -0.15) is 0 Å². The number of rotatable bonds is 3. The van der Waals surface area contributed by atoms with Crippen molar-refractivity contribution in [3.8, 4) is 11.5 Å². The van der Waals surface area contributed by atoms with E-state index in [1.54, 1.807) is 7.11 Å². The van der Waals surface area contributed by atoms with Crippen molar-refractivity contribution in [2.75, 3.05) is 13.7 Å². The number of ether oxygens (including phenoxy) is 2. The van der Waals surface area contributed by atoms with E-state index in [0.717, 1.165) is 35.4 Å². The van der Waals surface area contributed by atoms with Crippen molar-refractivity contribution < 1.29 is 9.47 Å². The highest BCUT2D eigenvalue weighted by molar-refractivity contribution is 9.10. The summed E-state index contributed by atoms with van der Waals surface area (Å²) in [6.45, 7) is 4.77. The van der Waals surface area contributed by atoms with Gasteiger partial charge in [0, 0.05) is 22.0 Å². The number of halogens is 1. The molecule has 17 heavy (non-hydrogen) atoms. The van der Waals surface area contributed by atoms with Crippen LogP contribution in [0.1, 0.15) is 25.0 Å². The fourth-order valence-electron chi connectivity index (χ4n) is 2.14. The maximum atomic E-state index is 6.08. The molecule has 0 saturated heterocycles. The van der Waals surface area contributed by atoms with E-state index in [2.05, 4.69) is 15.9 Å². The molecule has 0 saturated carbocycles. The van der Waals surface area contributed by atoms with Gasteiger partial charge >= 0.3 is 0 Å². The smallest absolute Gasteiger partial charge is 0.165 e. The Kier molecular flexibility index (Phi) is 3.36. The zero-order valence-electron chi connectivity index (χ0n) is 10.5. The van der Waals surface area contributed by atoms with E-state index in [4.69, 9.17) is 15.2 Å². The van der Waals surface area contributed by atoms with Crippen molar-refractivity contribution >= 4 is 15.9 Å². The minimum absolute atomic E-state index is 0.235. The molecule has 0 unspecified atom stereocenters. The molecule has 3 nitrogen and oxygen atoms in total. The van der Waals surface area contributed by atoms with E-state index in [-0.39, 0.29) is 5.54 Å². The van der Waals surface area contributed by atoms with Crippen LogP contribution in [0.4, 0.5) is 0 Å². The second-order valence-corrected chi connectivity index (χ2v) is 5.92. The fraction of sp³-hybridized carbons (Fsp3) is 0.538. The zero-order valence-corrected chi connectivity index (χ0v) is 12.1. The maximum Gasteiger partial charge on any atom is 0.165 e. The van der Waals surface area contributed by atoms with Gasteiger partial charge in [-0.3, -0.25) is 0 Å². The van der Waals surface area contributed by atoms with Crippen LogP contribution < -0.4 is 15.2 Å². The molecule has 0 bridgehead atoms. The monoisotopic (exact) mass is 299 g/mol. The Bertz CT molecular complexity index is 438. The molecule has 0 radical (unpaired) electrons. The van der Waals surface area contributed by atoms with Crippen LogP contribution in [-0.2, 0) is 12.8 Å². The third-order valence-electron chi connectivity index (χ3n) is 2.81. The summed E-state index contributed by atoms with van der Waals surface area (Å²) in [5, 5.41) is 0. The molecule has 1 heterocycles. The zero-order chi connectivity index (χ0) is 12.6. The fourth-order valence-corrected chi connectivity index (χ4v) is 2.77.